The summed E-state index contributed by atoms with van der Waals surface area (Å²) in [6, 6.07) is 6.54. The summed E-state index contributed by atoms with van der Waals surface area (Å²) < 4.78 is 1.84. The smallest absolute Gasteiger partial charge is 0.0539 e. The first-order valence-corrected chi connectivity index (χ1v) is 6.56. The summed E-state index contributed by atoms with van der Waals surface area (Å²) in [5, 5.41) is 7.75. The predicted octanol–water partition coefficient (Wildman–Crippen LogP) is 3.16. The predicted molar refractivity (Wildman–Crippen MR) is 75.7 cm³/mol. The molecule has 0 saturated heterocycles. The van der Waals surface area contributed by atoms with Gasteiger partial charge in [-0.1, -0.05) is 32.0 Å². The van der Waals surface area contributed by atoms with Gasteiger partial charge in [-0.25, -0.2) is 0 Å². The summed E-state index contributed by atoms with van der Waals surface area (Å²) in [5.74, 6) is 0. The van der Waals surface area contributed by atoms with Crippen LogP contribution in [0.1, 0.15) is 30.5 Å². The molecule has 0 saturated carbocycles. The van der Waals surface area contributed by atoms with Gasteiger partial charge in [0, 0.05) is 31.0 Å². The largest absolute Gasteiger partial charge is 0.380 e. The van der Waals surface area contributed by atoms with E-state index in [0.29, 0.717) is 0 Å². The summed E-state index contributed by atoms with van der Waals surface area (Å²) in [6.45, 7) is 5.23. The van der Waals surface area contributed by atoms with Crippen LogP contribution in [-0.2, 0) is 26.4 Å². The fourth-order valence-corrected chi connectivity index (χ4v) is 2.22. The molecule has 3 heteroatoms. The van der Waals surface area contributed by atoms with Crippen LogP contribution in [-0.4, -0.2) is 9.78 Å². The van der Waals surface area contributed by atoms with E-state index in [-0.39, 0.29) is 0 Å². The molecule has 0 radical (unpaired) electrons. The highest BCUT2D eigenvalue weighted by Crippen LogP contribution is 2.23. The first kappa shape index (κ1) is 12.7. The van der Waals surface area contributed by atoms with E-state index in [0.717, 1.165) is 19.4 Å². The molecule has 0 amide bonds. The van der Waals surface area contributed by atoms with Gasteiger partial charge >= 0.3 is 0 Å². The van der Waals surface area contributed by atoms with Crippen LogP contribution in [0.15, 0.2) is 30.6 Å². The number of aryl methyl sites for hydroxylation is 3. The quantitative estimate of drug-likeness (QED) is 0.874. The Labute approximate surface area is 109 Å². The van der Waals surface area contributed by atoms with E-state index in [1.807, 2.05) is 24.1 Å². The van der Waals surface area contributed by atoms with Crippen molar-refractivity contribution in [3.05, 3.63) is 47.3 Å². The molecule has 3 nitrogen and oxygen atoms in total. The molecule has 18 heavy (non-hydrogen) atoms. The van der Waals surface area contributed by atoms with Crippen LogP contribution >= 0.6 is 0 Å². The lowest BCUT2D eigenvalue weighted by Crippen LogP contribution is -2.04. The van der Waals surface area contributed by atoms with Crippen molar-refractivity contribution in [2.45, 2.75) is 33.2 Å². The van der Waals surface area contributed by atoms with E-state index in [2.05, 4.69) is 42.5 Å². The number of para-hydroxylation sites is 1. The molecule has 2 rings (SSSR count). The van der Waals surface area contributed by atoms with Crippen LogP contribution in [0.4, 0.5) is 5.69 Å². The number of benzene rings is 1. The third-order valence-corrected chi connectivity index (χ3v) is 3.23. The molecule has 0 fully saturated rings. The summed E-state index contributed by atoms with van der Waals surface area (Å²) >= 11 is 0. The van der Waals surface area contributed by atoms with Gasteiger partial charge in [-0.15, -0.1) is 0 Å². The highest BCUT2D eigenvalue weighted by molar-refractivity contribution is 5.58. The van der Waals surface area contributed by atoms with Crippen molar-refractivity contribution in [3.8, 4) is 0 Å². The maximum Gasteiger partial charge on any atom is 0.0539 e. The molecule has 96 valence electrons. The second-order valence-electron chi connectivity index (χ2n) is 4.53. The van der Waals surface area contributed by atoms with E-state index >= 15 is 0 Å². The van der Waals surface area contributed by atoms with Crippen molar-refractivity contribution in [1.29, 1.82) is 0 Å². The van der Waals surface area contributed by atoms with Crippen LogP contribution in [0, 0.1) is 0 Å². The Balaban J connectivity index is 2.17. The number of nitrogens with one attached hydrogen (secondary N) is 1. The van der Waals surface area contributed by atoms with Crippen LogP contribution in [0.3, 0.4) is 0 Å². The van der Waals surface area contributed by atoms with Gasteiger partial charge in [-0.3, -0.25) is 4.68 Å². The summed E-state index contributed by atoms with van der Waals surface area (Å²) in [7, 11) is 1.95. The van der Waals surface area contributed by atoms with Crippen LogP contribution in [0.5, 0.6) is 0 Å². The molecule has 0 aliphatic carbocycles. The maximum absolute atomic E-state index is 4.19. The van der Waals surface area contributed by atoms with E-state index < -0.39 is 0 Å². The average molecular weight is 243 g/mol. The van der Waals surface area contributed by atoms with Crippen molar-refractivity contribution in [1.82, 2.24) is 9.78 Å². The number of aromatic nitrogens is 2. The number of hydrogen-bond acceptors (Lipinski definition) is 2. The average Bonchev–Trinajstić information content (AvgIpc) is 2.81. The second kappa shape index (κ2) is 5.71. The van der Waals surface area contributed by atoms with Crippen molar-refractivity contribution in [3.63, 3.8) is 0 Å². The van der Waals surface area contributed by atoms with Gasteiger partial charge < -0.3 is 5.32 Å². The van der Waals surface area contributed by atoms with Crippen molar-refractivity contribution < 1.29 is 0 Å². The number of anilines is 1. The molecule has 1 aromatic heterocycles. The van der Waals surface area contributed by atoms with Gasteiger partial charge in [0.15, 0.2) is 0 Å². The van der Waals surface area contributed by atoms with Crippen molar-refractivity contribution in [2.24, 2.45) is 7.05 Å². The van der Waals surface area contributed by atoms with Gasteiger partial charge in [0.2, 0.25) is 0 Å². The monoisotopic (exact) mass is 243 g/mol. The highest BCUT2D eigenvalue weighted by atomic mass is 15.2. The molecular weight excluding hydrogens is 222 g/mol. The van der Waals surface area contributed by atoms with Crippen LogP contribution in [0.25, 0.3) is 0 Å². The minimum Gasteiger partial charge on any atom is -0.380 e. The van der Waals surface area contributed by atoms with Gasteiger partial charge in [-0.05, 0) is 24.0 Å². The molecule has 1 heterocycles. The first-order chi connectivity index (χ1) is 8.74. The van der Waals surface area contributed by atoms with E-state index in [1.54, 1.807) is 0 Å². The zero-order valence-corrected chi connectivity index (χ0v) is 11.4. The Hall–Kier alpha value is -1.77. The summed E-state index contributed by atoms with van der Waals surface area (Å²) in [5.41, 5.74) is 5.29. The molecule has 0 bridgehead atoms. The Morgan fingerprint density at radius 1 is 1.17 bits per heavy atom. The molecule has 1 N–H and O–H groups in total. The van der Waals surface area contributed by atoms with Gasteiger partial charge in [0.25, 0.3) is 0 Å². The first-order valence-electron chi connectivity index (χ1n) is 6.56. The minimum absolute atomic E-state index is 0.831. The molecule has 0 spiro atoms. The fourth-order valence-electron chi connectivity index (χ4n) is 2.22. The molecule has 0 aliphatic heterocycles. The molecule has 0 unspecified atom stereocenters. The second-order valence-corrected chi connectivity index (χ2v) is 4.53. The van der Waals surface area contributed by atoms with Crippen molar-refractivity contribution >= 4 is 5.69 Å². The molecule has 0 atom stereocenters. The standard InChI is InChI=1S/C15H21N3/c1-4-13-7-6-8-14(5-2)15(13)16-9-12-10-17-18(3)11-12/h6-8,10-11,16H,4-5,9H2,1-3H3. The van der Waals surface area contributed by atoms with E-state index in [4.69, 9.17) is 0 Å². The lowest BCUT2D eigenvalue weighted by atomic mass is 10.0. The Bertz CT molecular complexity index is 492. The maximum atomic E-state index is 4.19. The third-order valence-electron chi connectivity index (χ3n) is 3.23. The molecule has 1 aromatic carbocycles. The molecule has 0 aliphatic rings. The summed E-state index contributed by atoms with van der Waals surface area (Å²) in [4.78, 5) is 0. The Kier molecular flexibility index (Phi) is 4.03. The topological polar surface area (TPSA) is 29.9 Å². The van der Waals surface area contributed by atoms with E-state index in [1.165, 1.54) is 22.4 Å². The Morgan fingerprint density at radius 3 is 2.33 bits per heavy atom. The molecular formula is C15H21N3. The Morgan fingerprint density at radius 2 is 1.83 bits per heavy atom. The van der Waals surface area contributed by atoms with Crippen LogP contribution < -0.4 is 5.32 Å². The number of rotatable bonds is 5. The van der Waals surface area contributed by atoms with Crippen LogP contribution in [0.2, 0.25) is 0 Å². The van der Waals surface area contributed by atoms with E-state index in [9.17, 15) is 0 Å². The lowest BCUT2D eigenvalue weighted by molar-refractivity contribution is 0.767. The zero-order chi connectivity index (χ0) is 13.0. The highest BCUT2D eigenvalue weighted by Gasteiger charge is 2.06. The van der Waals surface area contributed by atoms with Gasteiger partial charge in [0.05, 0.1) is 6.20 Å². The van der Waals surface area contributed by atoms with Gasteiger partial charge in [-0.2, -0.15) is 5.10 Å². The zero-order valence-electron chi connectivity index (χ0n) is 11.4. The van der Waals surface area contributed by atoms with Crippen molar-refractivity contribution in [2.75, 3.05) is 5.32 Å². The summed E-state index contributed by atoms with van der Waals surface area (Å²) in [6.07, 6.45) is 6.08. The molecule has 2 aromatic rings. The third kappa shape index (κ3) is 2.73. The number of hydrogen-bond donors (Lipinski definition) is 1. The number of nitrogens with zero attached hydrogens (tertiary/aromatic N) is 2. The lowest BCUT2D eigenvalue weighted by Gasteiger charge is -2.14. The minimum atomic E-state index is 0.831. The van der Waals surface area contributed by atoms with Gasteiger partial charge in [0.1, 0.15) is 0 Å². The fraction of sp³-hybridized carbons (Fsp3) is 0.400. The SMILES string of the molecule is CCc1cccc(CC)c1NCc1cnn(C)c1. The normalized spacial score (nSPS) is 10.6.